The summed E-state index contributed by atoms with van der Waals surface area (Å²) in [6.07, 6.45) is -1.51. The second-order valence-electron chi connectivity index (χ2n) is 7.38. The van der Waals surface area contributed by atoms with Crippen LogP contribution < -0.4 is 20.1 Å². The maximum absolute atomic E-state index is 12.2. The molecule has 0 aliphatic heterocycles. The number of sulfonamides is 1. The van der Waals surface area contributed by atoms with Gasteiger partial charge in [0.2, 0.25) is 10.0 Å². The van der Waals surface area contributed by atoms with Crippen LogP contribution >= 0.6 is 0 Å². The van der Waals surface area contributed by atoms with Gasteiger partial charge in [0, 0.05) is 12.1 Å². The molecule has 0 radical (unpaired) electrons. The van der Waals surface area contributed by atoms with Crippen LogP contribution in [0, 0.1) is 0 Å². The molecule has 0 aliphatic rings. The Labute approximate surface area is 176 Å². The normalized spacial score (nSPS) is 12.6. The van der Waals surface area contributed by atoms with Crippen LogP contribution in [0.1, 0.15) is 41.0 Å². The molecule has 1 aromatic rings. The second-order valence-corrected chi connectivity index (χ2v) is 9.14. The first kappa shape index (κ1) is 25.4. The Morgan fingerprint density at radius 1 is 1.10 bits per heavy atom. The molecule has 3 amide bonds. The van der Waals surface area contributed by atoms with E-state index >= 15 is 0 Å². The van der Waals surface area contributed by atoms with Crippen LogP contribution in [0.15, 0.2) is 29.2 Å². The van der Waals surface area contributed by atoms with Gasteiger partial charge in [0.25, 0.3) is 5.91 Å². The molecular formula is C19H29N3O7S. The highest BCUT2D eigenvalue weighted by molar-refractivity contribution is 7.89. The van der Waals surface area contributed by atoms with Gasteiger partial charge < -0.3 is 14.8 Å². The minimum Gasteiger partial charge on any atom is -0.494 e. The van der Waals surface area contributed by atoms with Gasteiger partial charge >= 0.3 is 12.0 Å². The third-order valence-corrected chi connectivity index (χ3v) is 4.95. The first-order valence-corrected chi connectivity index (χ1v) is 10.9. The summed E-state index contributed by atoms with van der Waals surface area (Å²) in [6.45, 7) is 8.61. The minimum atomic E-state index is -3.81. The first-order chi connectivity index (χ1) is 13.8. The quantitative estimate of drug-likeness (QED) is 0.489. The molecule has 1 atom stereocenters. The molecule has 0 bridgehead atoms. The van der Waals surface area contributed by atoms with E-state index in [2.05, 4.69) is 15.4 Å². The summed E-state index contributed by atoms with van der Waals surface area (Å²) in [5, 5.41) is 4.61. The minimum absolute atomic E-state index is 0.0249. The highest BCUT2D eigenvalue weighted by Gasteiger charge is 2.22. The number of hydrogen-bond acceptors (Lipinski definition) is 7. The number of esters is 1. The number of urea groups is 1. The summed E-state index contributed by atoms with van der Waals surface area (Å²) in [4.78, 5) is 35.4. The van der Waals surface area contributed by atoms with Crippen LogP contribution in [-0.4, -0.2) is 51.1 Å². The zero-order chi connectivity index (χ0) is 22.9. The van der Waals surface area contributed by atoms with Gasteiger partial charge in [0.1, 0.15) is 5.75 Å². The van der Waals surface area contributed by atoms with Gasteiger partial charge in [0.05, 0.1) is 17.9 Å². The molecule has 3 N–H and O–H groups in total. The maximum atomic E-state index is 12.2. The van der Waals surface area contributed by atoms with Crippen molar-refractivity contribution in [3.63, 3.8) is 0 Å². The number of benzene rings is 1. The summed E-state index contributed by atoms with van der Waals surface area (Å²) < 4.78 is 36.9. The van der Waals surface area contributed by atoms with Crippen molar-refractivity contribution < 1.29 is 32.3 Å². The van der Waals surface area contributed by atoms with E-state index in [0.29, 0.717) is 12.4 Å². The molecule has 0 aliphatic carbocycles. The van der Waals surface area contributed by atoms with Gasteiger partial charge in [-0.3, -0.25) is 14.9 Å². The van der Waals surface area contributed by atoms with Crippen molar-refractivity contribution in [3.8, 4) is 5.75 Å². The lowest BCUT2D eigenvalue weighted by atomic mass is 10.1. The van der Waals surface area contributed by atoms with Crippen molar-refractivity contribution in [3.05, 3.63) is 24.3 Å². The third-order valence-electron chi connectivity index (χ3n) is 3.47. The zero-order valence-corrected chi connectivity index (χ0v) is 18.6. The van der Waals surface area contributed by atoms with E-state index in [-0.39, 0.29) is 17.9 Å². The largest absolute Gasteiger partial charge is 0.494 e. The van der Waals surface area contributed by atoms with E-state index in [1.807, 2.05) is 6.92 Å². The molecule has 11 heteroatoms. The fraction of sp³-hybridized carbons (Fsp3) is 0.526. The van der Waals surface area contributed by atoms with Crippen molar-refractivity contribution in [1.29, 1.82) is 0 Å². The molecule has 0 heterocycles. The van der Waals surface area contributed by atoms with Gasteiger partial charge in [-0.2, -0.15) is 0 Å². The number of carbonyl (C=O) groups is 3. The highest BCUT2D eigenvalue weighted by Crippen LogP contribution is 2.15. The summed E-state index contributed by atoms with van der Waals surface area (Å²) in [5.41, 5.74) is -0.537. The number of amides is 3. The Bertz CT molecular complexity index is 846. The van der Waals surface area contributed by atoms with Crippen LogP contribution in [0.5, 0.6) is 5.75 Å². The molecule has 1 rings (SSSR count). The monoisotopic (exact) mass is 443 g/mol. The van der Waals surface area contributed by atoms with Crippen LogP contribution in [0.3, 0.4) is 0 Å². The number of nitrogens with one attached hydrogen (secondary N) is 3. The number of hydrogen-bond donors (Lipinski definition) is 3. The standard InChI is InChI=1S/C19H29N3O7S/c1-6-28-14-7-9-15(10-8-14)30(26,27)20-12-11-16(23)29-13(2)17(24)21-18(25)22-19(3,4)5/h7-10,13,20H,6,11-12H2,1-5H3,(H2,21,22,24,25). The first-order valence-electron chi connectivity index (χ1n) is 9.39. The molecule has 30 heavy (non-hydrogen) atoms. The van der Waals surface area contributed by atoms with Gasteiger partial charge in [-0.25, -0.2) is 17.9 Å². The predicted octanol–water partition coefficient (Wildman–Crippen LogP) is 1.31. The van der Waals surface area contributed by atoms with E-state index < -0.39 is 39.6 Å². The van der Waals surface area contributed by atoms with Gasteiger partial charge in [0.15, 0.2) is 6.10 Å². The van der Waals surface area contributed by atoms with Gasteiger partial charge in [-0.15, -0.1) is 0 Å². The van der Waals surface area contributed by atoms with E-state index in [9.17, 15) is 22.8 Å². The molecule has 0 fully saturated rings. The fourth-order valence-corrected chi connectivity index (χ4v) is 3.18. The Morgan fingerprint density at radius 2 is 1.70 bits per heavy atom. The van der Waals surface area contributed by atoms with E-state index in [4.69, 9.17) is 9.47 Å². The summed E-state index contributed by atoms with van der Waals surface area (Å²) in [7, 11) is -3.81. The molecule has 1 unspecified atom stereocenters. The van der Waals surface area contributed by atoms with E-state index in [1.54, 1.807) is 20.8 Å². The molecular weight excluding hydrogens is 414 g/mol. The topological polar surface area (TPSA) is 140 Å². The average molecular weight is 444 g/mol. The smallest absolute Gasteiger partial charge is 0.321 e. The van der Waals surface area contributed by atoms with Gasteiger partial charge in [-0.05, 0) is 58.9 Å². The number of rotatable bonds is 9. The molecule has 10 nitrogen and oxygen atoms in total. The molecule has 1 aromatic carbocycles. The molecule has 168 valence electrons. The molecule has 0 aromatic heterocycles. The number of carbonyl (C=O) groups excluding carboxylic acids is 3. The summed E-state index contributed by atoms with van der Waals surface area (Å²) in [5.74, 6) is -1.04. The van der Waals surface area contributed by atoms with Crippen LogP contribution in [-0.2, 0) is 24.3 Å². The lowest BCUT2D eigenvalue weighted by Gasteiger charge is -2.21. The fourth-order valence-electron chi connectivity index (χ4n) is 2.15. The van der Waals surface area contributed by atoms with Crippen molar-refractivity contribution in [2.75, 3.05) is 13.2 Å². The van der Waals surface area contributed by atoms with Crippen LogP contribution in [0.4, 0.5) is 4.79 Å². The van der Waals surface area contributed by atoms with E-state index in [0.717, 1.165) is 0 Å². The van der Waals surface area contributed by atoms with Crippen LogP contribution in [0.2, 0.25) is 0 Å². The summed E-state index contributed by atoms with van der Waals surface area (Å²) in [6, 6.07) is 5.13. The van der Waals surface area contributed by atoms with Crippen molar-refractivity contribution in [2.45, 2.75) is 57.6 Å². The predicted molar refractivity (Wildman–Crippen MR) is 109 cm³/mol. The average Bonchev–Trinajstić information content (AvgIpc) is 2.60. The third kappa shape index (κ3) is 9.23. The van der Waals surface area contributed by atoms with Gasteiger partial charge in [-0.1, -0.05) is 0 Å². The molecule has 0 saturated carbocycles. The number of imide groups is 1. The van der Waals surface area contributed by atoms with E-state index in [1.165, 1.54) is 31.2 Å². The Balaban J connectivity index is 2.46. The lowest BCUT2D eigenvalue weighted by molar-refractivity contribution is -0.154. The molecule has 0 spiro atoms. The maximum Gasteiger partial charge on any atom is 0.321 e. The van der Waals surface area contributed by atoms with Crippen molar-refractivity contribution in [2.24, 2.45) is 0 Å². The number of ether oxygens (including phenoxy) is 2. The Hall–Kier alpha value is -2.66. The second kappa shape index (κ2) is 10.9. The highest BCUT2D eigenvalue weighted by atomic mass is 32.2. The van der Waals surface area contributed by atoms with Crippen LogP contribution in [0.25, 0.3) is 0 Å². The van der Waals surface area contributed by atoms with Crippen molar-refractivity contribution in [1.82, 2.24) is 15.4 Å². The zero-order valence-electron chi connectivity index (χ0n) is 17.8. The van der Waals surface area contributed by atoms with Crippen molar-refractivity contribution >= 4 is 27.9 Å². The Morgan fingerprint density at radius 3 is 2.23 bits per heavy atom. The summed E-state index contributed by atoms with van der Waals surface area (Å²) >= 11 is 0. The Kier molecular flexibility index (Phi) is 9.24. The molecule has 0 saturated heterocycles. The SMILES string of the molecule is CCOc1ccc(S(=O)(=O)NCCC(=O)OC(C)C(=O)NC(=O)NC(C)(C)C)cc1. The lowest BCUT2D eigenvalue weighted by Crippen LogP contribution is -2.50.